The van der Waals surface area contributed by atoms with Gasteiger partial charge in [-0.1, -0.05) is 12.1 Å². The molecule has 6 N–H and O–H groups in total. The Morgan fingerprint density at radius 2 is 1.75 bits per heavy atom. The number of aliphatic imine (C=N–C) groups is 1. The first-order chi connectivity index (χ1) is 9.45. The van der Waals surface area contributed by atoms with Gasteiger partial charge in [-0.05, 0) is 23.8 Å². The average molecular weight is 273 g/mol. The quantitative estimate of drug-likeness (QED) is 0.244. The van der Waals surface area contributed by atoms with Crippen LogP contribution in [0.25, 0.3) is 6.08 Å². The second kappa shape index (κ2) is 5.22. The third-order valence-corrected chi connectivity index (χ3v) is 2.42. The van der Waals surface area contributed by atoms with Crippen LogP contribution in [0.4, 0.5) is 4.79 Å². The van der Waals surface area contributed by atoms with E-state index < -0.39 is 17.8 Å². The van der Waals surface area contributed by atoms with Gasteiger partial charge in [-0.15, -0.1) is 0 Å². The summed E-state index contributed by atoms with van der Waals surface area (Å²) in [5, 5.41) is 4.44. The molecule has 102 valence electrons. The van der Waals surface area contributed by atoms with Crippen molar-refractivity contribution in [2.24, 2.45) is 16.5 Å². The number of carbonyl (C=O) groups excluding carboxylic acids is 3. The first kappa shape index (κ1) is 13.3. The Morgan fingerprint density at radius 1 is 1.10 bits per heavy atom. The molecule has 1 aliphatic rings. The summed E-state index contributed by atoms with van der Waals surface area (Å²) in [6.45, 7) is 0. The van der Waals surface area contributed by atoms with Crippen LogP contribution in [0.2, 0.25) is 0 Å². The van der Waals surface area contributed by atoms with Crippen LogP contribution >= 0.6 is 0 Å². The van der Waals surface area contributed by atoms with Crippen LogP contribution in [0.15, 0.2) is 35.0 Å². The van der Waals surface area contributed by atoms with Gasteiger partial charge in [0, 0.05) is 5.56 Å². The van der Waals surface area contributed by atoms with E-state index in [-0.39, 0.29) is 11.7 Å². The summed E-state index contributed by atoms with van der Waals surface area (Å²) in [5.74, 6) is -1.38. The molecular weight excluding hydrogens is 262 g/mol. The van der Waals surface area contributed by atoms with Crippen LogP contribution < -0.4 is 22.1 Å². The van der Waals surface area contributed by atoms with E-state index in [0.29, 0.717) is 11.1 Å². The van der Waals surface area contributed by atoms with E-state index in [9.17, 15) is 14.4 Å². The van der Waals surface area contributed by atoms with Gasteiger partial charge in [0.25, 0.3) is 11.8 Å². The molecule has 8 nitrogen and oxygen atoms in total. The van der Waals surface area contributed by atoms with E-state index in [0.717, 1.165) is 0 Å². The van der Waals surface area contributed by atoms with Gasteiger partial charge in [0.2, 0.25) is 0 Å². The normalized spacial score (nSPS) is 15.7. The van der Waals surface area contributed by atoms with Crippen molar-refractivity contribution in [1.82, 2.24) is 10.6 Å². The Morgan fingerprint density at radius 3 is 2.25 bits per heavy atom. The van der Waals surface area contributed by atoms with Gasteiger partial charge in [0.1, 0.15) is 5.70 Å². The minimum Gasteiger partial charge on any atom is -0.370 e. The summed E-state index contributed by atoms with van der Waals surface area (Å²) in [5.41, 5.74) is 11.3. The molecule has 0 atom stereocenters. The second-order valence-electron chi connectivity index (χ2n) is 3.93. The lowest BCUT2D eigenvalue weighted by molar-refractivity contribution is -0.115. The minimum absolute atomic E-state index is 0.137. The number of nitrogens with one attached hydrogen (secondary N) is 2. The molecule has 1 saturated heterocycles. The Labute approximate surface area is 113 Å². The number of imide groups is 1. The third kappa shape index (κ3) is 2.99. The molecule has 1 aliphatic heterocycles. The summed E-state index contributed by atoms with van der Waals surface area (Å²) in [6.07, 6.45) is 1.48. The minimum atomic E-state index is -0.569. The van der Waals surface area contributed by atoms with Gasteiger partial charge in [0.15, 0.2) is 5.96 Å². The summed E-state index contributed by atoms with van der Waals surface area (Å²) in [7, 11) is 0. The maximum atomic E-state index is 11.5. The van der Waals surface area contributed by atoms with E-state index in [1.807, 2.05) is 0 Å². The van der Waals surface area contributed by atoms with Crippen LogP contribution in [0.1, 0.15) is 15.9 Å². The van der Waals surface area contributed by atoms with Gasteiger partial charge in [-0.25, -0.2) is 4.79 Å². The highest BCUT2D eigenvalue weighted by Crippen LogP contribution is 2.10. The zero-order valence-electron chi connectivity index (χ0n) is 10.2. The first-order valence-electron chi connectivity index (χ1n) is 5.54. The number of hydrogen-bond donors (Lipinski definition) is 4. The van der Waals surface area contributed by atoms with Crippen molar-refractivity contribution in [2.75, 3.05) is 0 Å². The molecule has 0 spiro atoms. The monoisotopic (exact) mass is 273 g/mol. The Hall–Kier alpha value is -3.16. The molecule has 8 heteroatoms. The fourth-order valence-electron chi connectivity index (χ4n) is 1.55. The first-order valence-corrected chi connectivity index (χ1v) is 5.54. The molecule has 0 bridgehead atoms. The molecule has 1 aromatic rings. The molecule has 2 rings (SSSR count). The fourth-order valence-corrected chi connectivity index (χ4v) is 1.55. The van der Waals surface area contributed by atoms with Gasteiger partial charge in [-0.3, -0.25) is 14.9 Å². The predicted octanol–water partition coefficient (Wildman–Crippen LogP) is -0.719. The Balaban J connectivity index is 2.19. The molecule has 1 heterocycles. The Kier molecular flexibility index (Phi) is 3.47. The zero-order valence-corrected chi connectivity index (χ0v) is 10.2. The number of urea groups is 1. The van der Waals surface area contributed by atoms with Crippen LogP contribution in [-0.4, -0.2) is 23.8 Å². The van der Waals surface area contributed by atoms with Crippen molar-refractivity contribution in [2.45, 2.75) is 0 Å². The number of guanidine groups is 1. The van der Waals surface area contributed by atoms with Crippen LogP contribution in [0.5, 0.6) is 0 Å². The fraction of sp³-hybridized carbons (Fsp3) is 0. The summed E-state index contributed by atoms with van der Waals surface area (Å²) in [6, 6.07) is 5.65. The number of nitrogens with two attached hydrogens (primary N) is 2. The van der Waals surface area contributed by atoms with Crippen LogP contribution in [0, 0.1) is 0 Å². The molecule has 0 aliphatic carbocycles. The molecule has 1 aromatic carbocycles. The van der Waals surface area contributed by atoms with Crippen molar-refractivity contribution in [3.8, 4) is 0 Å². The van der Waals surface area contributed by atoms with Crippen LogP contribution in [0.3, 0.4) is 0 Å². The van der Waals surface area contributed by atoms with Crippen molar-refractivity contribution < 1.29 is 14.4 Å². The molecule has 0 unspecified atom stereocenters. The maximum Gasteiger partial charge on any atom is 0.326 e. The molecular formula is C12H11N5O3. The highest BCUT2D eigenvalue weighted by molar-refractivity contribution is 6.14. The van der Waals surface area contributed by atoms with Crippen molar-refractivity contribution >= 4 is 29.9 Å². The van der Waals surface area contributed by atoms with Crippen molar-refractivity contribution in [3.05, 3.63) is 41.1 Å². The lowest BCUT2D eigenvalue weighted by Crippen LogP contribution is -2.24. The zero-order chi connectivity index (χ0) is 14.7. The predicted molar refractivity (Wildman–Crippen MR) is 71.2 cm³/mol. The number of benzene rings is 1. The molecule has 1 fully saturated rings. The number of hydrogen-bond acceptors (Lipinski definition) is 3. The molecule has 0 aromatic heterocycles. The molecule has 0 saturated carbocycles. The van der Waals surface area contributed by atoms with E-state index in [1.54, 1.807) is 12.1 Å². The maximum absolute atomic E-state index is 11.5. The number of nitrogens with zero attached hydrogens (tertiary/aromatic N) is 1. The topological polar surface area (TPSA) is 140 Å². The van der Waals surface area contributed by atoms with Crippen LogP contribution in [-0.2, 0) is 4.79 Å². The SMILES string of the molecule is NC(N)=NC(=O)c1ccc(C=C2NC(=O)NC2=O)cc1. The molecule has 0 radical (unpaired) electrons. The highest BCUT2D eigenvalue weighted by Gasteiger charge is 2.22. The van der Waals surface area contributed by atoms with Gasteiger partial charge in [0.05, 0.1) is 0 Å². The summed E-state index contributed by atoms with van der Waals surface area (Å²) < 4.78 is 0. The highest BCUT2D eigenvalue weighted by atomic mass is 16.2. The molecule has 20 heavy (non-hydrogen) atoms. The summed E-state index contributed by atoms with van der Waals surface area (Å²) >= 11 is 0. The van der Waals surface area contributed by atoms with Gasteiger partial charge >= 0.3 is 6.03 Å². The summed E-state index contributed by atoms with van der Waals surface area (Å²) in [4.78, 5) is 37.2. The van der Waals surface area contributed by atoms with E-state index >= 15 is 0 Å². The standard InChI is InChI=1S/C12H11N5O3/c13-11(14)16-9(18)7-3-1-6(2-4-7)5-8-10(19)17-12(20)15-8/h1-5H,(H4,13,14,16,18)(H2,15,17,19,20). The number of carbonyl (C=O) groups is 3. The smallest absolute Gasteiger partial charge is 0.326 e. The molecule has 4 amide bonds. The lowest BCUT2D eigenvalue weighted by Gasteiger charge is -1.99. The van der Waals surface area contributed by atoms with Crippen molar-refractivity contribution in [1.29, 1.82) is 0 Å². The van der Waals surface area contributed by atoms with Gasteiger partial charge < -0.3 is 16.8 Å². The van der Waals surface area contributed by atoms with E-state index in [4.69, 9.17) is 11.5 Å². The Bertz CT molecular complexity index is 642. The third-order valence-electron chi connectivity index (χ3n) is 2.42. The van der Waals surface area contributed by atoms with E-state index in [2.05, 4.69) is 15.6 Å². The van der Waals surface area contributed by atoms with Crippen molar-refractivity contribution in [3.63, 3.8) is 0 Å². The lowest BCUT2D eigenvalue weighted by atomic mass is 10.1. The largest absolute Gasteiger partial charge is 0.370 e. The van der Waals surface area contributed by atoms with Gasteiger partial charge in [-0.2, -0.15) is 4.99 Å². The number of amides is 4. The number of rotatable bonds is 2. The average Bonchev–Trinajstić information content (AvgIpc) is 2.68. The van der Waals surface area contributed by atoms with E-state index in [1.165, 1.54) is 18.2 Å². The second-order valence-corrected chi connectivity index (χ2v) is 3.93.